The summed E-state index contributed by atoms with van der Waals surface area (Å²) in [5, 5.41) is 10.9. The molecule has 0 bridgehead atoms. The number of carbonyl (C=O) groups is 1. The summed E-state index contributed by atoms with van der Waals surface area (Å²) in [7, 11) is 0. The maximum Gasteiger partial charge on any atom is 0.339 e. The van der Waals surface area contributed by atoms with E-state index in [9.17, 15) is 14.9 Å². The minimum Gasteiger partial charge on any atom is -0.459 e. The van der Waals surface area contributed by atoms with Gasteiger partial charge in [0.1, 0.15) is 10.6 Å². The molecule has 0 aromatic heterocycles. The standard InChI is InChI=1S/C15H18BrNO4/c1-9-6-7-11(8-10(9)2)21-15(18)12-4-3-5-13(14(12)16)17(19)20/h3-5,9-11H,6-8H2,1-2H3. The van der Waals surface area contributed by atoms with Gasteiger partial charge < -0.3 is 4.74 Å². The lowest BCUT2D eigenvalue weighted by Crippen LogP contribution is -2.28. The number of hydrogen-bond acceptors (Lipinski definition) is 4. The maximum atomic E-state index is 12.2. The zero-order valence-electron chi connectivity index (χ0n) is 12.0. The van der Waals surface area contributed by atoms with Gasteiger partial charge in [-0.05, 0) is 53.1 Å². The van der Waals surface area contributed by atoms with Gasteiger partial charge in [0.15, 0.2) is 0 Å². The Morgan fingerprint density at radius 3 is 2.67 bits per heavy atom. The molecule has 2 rings (SSSR count). The SMILES string of the molecule is CC1CCC(OC(=O)c2cccc([N+](=O)[O-])c2Br)CC1C. The van der Waals surface area contributed by atoms with E-state index in [2.05, 4.69) is 29.8 Å². The van der Waals surface area contributed by atoms with E-state index in [0.717, 1.165) is 19.3 Å². The van der Waals surface area contributed by atoms with Gasteiger partial charge in [0.05, 0.1) is 10.5 Å². The number of halogens is 1. The Morgan fingerprint density at radius 1 is 1.33 bits per heavy atom. The minimum absolute atomic E-state index is 0.102. The molecule has 3 unspecified atom stereocenters. The second-order valence-corrected chi connectivity index (χ2v) is 6.48. The molecule has 21 heavy (non-hydrogen) atoms. The average molecular weight is 356 g/mol. The largest absolute Gasteiger partial charge is 0.459 e. The lowest BCUT2D eigenvalue weighted by molar-refractivity contribution is -0.385. The molecule has 0 radical (unpaired) electrons. The molecule has 1 fully saturated rings. The van der Waals surface area contributed by atoms with E-state index < -0.39 is 10.9 Å². The number of benzene rings is 1. The number of nitro groups is 1. The van der Waals surface area contributed by atoms with Crippen LogP contribution >= 0.6 is 15.9 Å². The Balaban J connectivity index is 2.11. The molecule has 114 valence electrons. The molecule has 0 saturated heterocycles. The summed E-state index contributed by atoms with van der Waals surface area (Å²) < 4.78 is 5.70. The Kier molecular flexibility index (Phi) is 4.98. The molecule has 0 aliphatic heterocycles. The summed E-state index contributed by atoms with van der Waals surface area (Å²) in [5.41, 5.74) is 0.0746. The summed E-state index contributed by atoms with van der Waals surface area (Å²) in [6.07, 6.45) is 2.63. The van der Waals surface area contributed by atoms with E-state index in [-0.39, 0.29) is 21.8 Å². The molecule has 0 heterocycles. The predicted octanol–water partition coefficient (Wildman–Crippen LogP) is 4.34. The third-order valence-corrected chi connectivity index (χ3v) is 5.05. The zero-order valence-corrected chi connectivity index (χ0v) is 13.6. The first-order chi connectivity index (χ1) is 9.90. The first-order valence-electron chi connectivity index (χ1n) is 7.04. The van der Waals surface area contributed by atoms with Crippen molar-refractivity contribution in [2.75, 3.05) is 0 Å². The second-order valence-electron chi connectivity index (χ2n) is 5.69. The third-order valence-electron chi connectivity index (χ3n) is 4.22. The van der Waals surface area contributed by atoms with E-state index in [1.807, 2.05) is 0 Å². The molecule has 1 aromatic carbocycles. The van der Waals surface area contributed by atoms with Crippen LogP contribution in [-0.4, -0.2) is 17.0 Å². The van der Waals surface area contributed by atoms with Crippen molar-refractivity contribution in [1.29, 1.82) is 0 Å². The third kappa shape index (κ3) is 3.61. The molecule has 1 aliphatic carbocycles. The molecular weight excluding hydrogens is 338 g/mol. The summed E-state index contributed by atoms with van der Waals surface area (Å²) >= 11 is 3.13. The number of ether oxygens (including phenoxy) is 1. The van der Waals surface area contributed by atoms with Gasteiger partial charge in [-0.15, -0.1) is 0 Å². The van der Waals surface area contributed by atoms with Gasteiger partial charge in [-0.2, -0.15) is 0 Å². The van der Waals surface area contributed by atoms with Crippen LogP contribution in [0.25, 0.3) is 0 Å². The van der Waals surface area contributed by atoms with Crippen LogP contribution < -0.4 is 0 Å². The molecule has 0 amide bonds. The van der Waals surface area contributed by atoms with Crippen LogP contribution in [0.3, 0.4) is 0 Å². The van der Waals surface area contributed by atoms with Gasteiger partial charge >= 0.3 is 5.97 Å². The second kappa shape index (κ2) is 6.56. The molecular formula is C15H18BrNO4. The molecule has 6 heteroatoms. The van der Waals surface area contributed by atoms with Crippen molar-refractivity contribution in [2.24, 2.45) is 11.8 Å². The lowest BCUT2D eigenvalue weighted by atomic mass is 9.80. The number of rotatable bonds is 3. The van der Waals surface area contributed by atoms with Crippen LogP contribution in [0.2, 0.25) is 0 Å². The molecule has 3 atom stereocenters. The van der Waals surface area contributed by atoms with E-state index in [1.165, 1.54) is 18.2 Å². The number of nitrogens with zero attached hydrogens (tertiary/aromatic N) is 1. The van der Waals surface area contributed by atoms with Crippen LogP contribution in [0.4, 0.5) is 5.69 Å². The van der Waals surface area contributed by atoms with Crippen molar-refractivity contribution in [3.8, 4) is 0 Å². The topological polar surface area (TPSA) is 69.4 Å². The van der Waals surface area contributed by atoms with Gasteiger partial charge in [-0.1, -0.05) is 19.9 Å². The van der Waals surface area contributed by atoms with Gasteiger partial charge in [-0.3, -0.25) is 10.1 Å². The van der Waals surface area contributed by atoms with Crippen LogP contribution in [0.15, 0.2) is 22.7 Å². The van der Waals surface area contributed by atoms with Crippen molar-refractivity contribution >= 4 is 27.6 Å². The lowest BCUT2D eigenvalue weighted by Gasteiger charge is -2.31. The highest BCUT2D eigenvalue weighted by atomic mass is 79.9. The summed E-state index contributed by atoms with van der Waals surface area (Å²) in [5.74, 6) is 0.659. The normalized spacial score (nSPS) is 25.4. The molecule has 1 saturated carbocycles. The van der Waals surface area contributed by atoms with Crippen LogP contribution in [0.5, 0.6) is 0 Å². The Morgan fingerprint density at radius 2 is 2.05 bits per heavy atom. The minimum atomic E-state index is -0.523. The molecule has 5 nitrogen and oxygen atoms in total. The van der Waals surface area contributed by atoms with E-state index in [1.54, 1.807) is 0 Å². The number of carbonyl (C=O) groups excluding carboxylic acids is 1. The smallest absolute Gasteiger partial charge is 0.339 e. The fourth-order valence-electron chi connectivity index (χ4n) is 2.64. The predicted molar refractivity (Wildman–Crippen MR) is 82.2 cm³/mol. The van der Waals surface area contributed by atoms with Crippen molar-refractivity contribution in [1.82, 2.24) is 0 Å². The van der Waals surface area contributed by atoms with Crippen LogP contribution in [0.1, 0.15) is 43.5 Å². The summed E-state index contributed by atoms with van der Waals surface area (Å²) in [4.78, 5) is 22.6. The van der Waals surface area contributed by atoms with E-state index in [4.69, 9.17) is 4.74 Å². The fourth-order valence-corrected chi connectivity index (χ4v) is 3.21. The summed E-state index contributed by atoms with van der Waals surface area (Å²) in [6.45, 7) is 4.37. The number of nitro benzene ring substituents is 1. The fraction of sp³-hybridized carbons (Fsp3) is 0.533. The van der Waals surface area contributed by atoms with Crippen LogP contribution in [-0.2, 0) is 4.74 Å². The first-order valence-corrected chi connectivity index (χ1v) is 7.83. The highest BCUT2D eigenvalue weighted by Crippen LogP contribution is 2.33. The highest BCUT2D eigenvalue weighted by Gasteiger charge is 2.28. The molecule has 0 spiro atoms. The van der Waals surface area contributed by atoms with Gasteiger partial charge in [0, 0.05) is 6.07 Å². The van der Waals surface area contributed by atoms with Gasteiger partial charge in [0.25, 0.3) is 5.69 Å². The Bertz CT molecular complexity index is 561. The quantitative estimate of drug-likeness (QED) is 0.459. The Labute approximate surface area is 132 Å². The van der Waals surface area contributed by atoms with Crippen molar-refractivity contribution in [3.05, 3.63) is 38.3 Å². The van der Waals surface area contributed by atoms with Gasteiger partial charge in [0.2, 0.25) is 0 Å². The molecule has 1 aromatic rings. The number of esters is 1. The van der Waals surface area contributed by atoms with Crippen molar-refractivity contribution in [2.45, 2.75) is 39.2 Å². The van der Waals surface area contributed by atoms with Crippen LogP contribution in [0, 0.1) is 22.0 Å². The maximum absolute atomic E-state index is 12.2. The van der Waals surface area contributed by atoms with E-state index >= 15 is 0 Å². The molecule has 1 aliphatic rings. The van der Waals surface area contributed by atoms with Gasteiger partial charge in [-0.25, -0.2) is 4.79 Å². The zero-order chi connectivity index (χ0) is 15.6. The Hall–Kier alpha value is -1.43. The summed E-state index contributed by atoms with van der Waals surface area (Å²) in [6, 6.07) is 4.38. The monoisotopic (exact) mass is 355 g/mol. The van der Waals surface area contributed by atoms with Crippen molar-refractivity contribution in [3.63, 3.8) is 0 Å². The first kappa shape index (κ1) is 15.9. The van der Waals surface area contributed by atoms with E-state index in [0.29, 0.717) is 11.8 Å². The highest BCUT2D eigenvalue weighted by molar-refractivity contribution is 9.10. The molecule has 0 N–H and O–H groups in total. The van der Waals surface area contributed by atoms with Crippen molar-refractivity contribution < 1.29 is 14.5 Å². The average Bonchev–Trinajstić information content (AvgIpc) is 2.42. The number of hydrogen-bond donors (Lipinski definition) is 0.